The molecule has 0 unspecified atom stereocenters. The number of halogens is 1. The summed E-state index contributed by atoms with van der Waals surface area (Å²) < 4.78 is 13.9. The highest BCUT2D eigenvalue weighted by Gasteiger charge is 2.36. The fourth-order valence-electron chi connectivity index (χ4n) is 3.12. The van der Waals surface area contributed by atoms with E-state index in [9.17, 15) is 14.3 Å². The molecule has 3 N–H and O–H groups in total. The van der Waals surface area contributed by atoms with Gasteiger partial charge in [0.15, 0.2) is 5.82 Å². The summed E-state index contributed by atoms with van der Waals surface area (Å²) in [5.41, 5.74) is 7.09. The van der Waals surface area contributed by atoms with Gasteiger partial charge in [0, 0.05) is 17.8 Å². The molecule has 1 fully saturated rings. The normalized spacial score (nSPS) is 20.3. The van der Waals surface area contributed by atoms with E-state index in [1.807, 2.05) is 6.07 Å². The Bertz CT molecular complexity index is 943. The maximum absolute atomic E-state index is 13.1. The second-order valence-corrected chi connectivity index (χ2v) is 7.04. The zero-order valence-electron chi connectivity index (χ0n) is 13.1. The monoisotopic (exact) mass is 358 g/mol. The quantitative estimate of drug-likeness (QED) is 0.746. The highest BCUT2D eigenvalue weighted by atomic mass is 32.1. The van der Waals surface area contributed by atoms with Crippen LogP contribution in [0.1, 0.15) is 6.42 Å². The summed E-state index contributed by atoms with van der Waals surface area (Å²) in [7, 11) is 0. The number of carbonyl (C=O) groups is 1. The lowest BCUT2D eigenvalue weighted by atomic mass is 10.2. The molecule has 0 aliphatic carbocycles. The standard InChI is InChI=1S/C17H15FN4O2S/c18-10-3-1-9(2-4-10)14-6-12-15(25-14)17(21-8-20-12)22-7-11(23)5-13(22)16(19)24/h1-4,6,8,11,13,23H,5,7H2,(H2,19,24)/t11-,13-/m1/s1. The Labute approximate surface area is 146 Å². The number of nitrogens with two attached hydrogens (primary N) is 1. The third-order valence-electron chi connectivity index (χ3n) is 4.30. The van der Waals surface area contributed by atoms with Crippen molar-refractivity contribution in [2.75, 3.05) is 11.4 Å². The van der Waals surface area contributed by atoms with Crippen LogP contribution >= 0.6 is 11.3 Å². The number of hydrogen-bond donors (Lipinski definition) is 2. The van der Waals surface area contributed by atoms with Gasteiger partial charge in [-0.1, -0.05) is 12.1 Å². The Morgan fingerprint density at radius 1 is 1.32 bits per heavy atom. The molecule has 0 radical (unpaired) electrons. The minimum absolute atomic E-state index is 0.289. The van der Waals surface area contributed by atoms with Gasteiger partial charge in [-0.25, -0.2) is 14.4 Å². The van der Waals surface area contributed by atoms with Gasteiger partial charge >= 0.3 is 0 Å². The highest BCUT2D eigenvalue weighted by molar-refractivity contribution is 7.22. The highest BCUT2D eigenvalue weighted by Crippen LogP contribution is 2.38. The lowest BCUT2D eigenvalue weighted by molar-refractivity contribution is -0.119. The maximum atomic E-state index is 13.1. The first-order valence-electron chi connectivity index (χ1n) is 7.77. The Balaban J connectivity index is 1.80. The van der Waals surface area contributed by atoms with Crippen molar-refractivity contribution in [1.82, 2.24) is 9.97 Å². The van der Waals surface area contributed by atoms with Crippen molar-refractivity contribution < 1.29 is 14.3 Å². The van der Waals surface area contributed by atoms with Crippen LogP contribution < -0.4 is 10.6 Å². The van der Waals surface area contributed by atoms with Crippen molar-refractivity contribution in [1.29, 1.82) is 0 Å². The van der Waals surface area contributed by atoms with Crippen LogP contribution in [-0.4, -0.2) is 39.7 Å². The van der Waals surface area contributed by atoms with Crippen LogP contribution in [0.15, 0.2) is 36.7 Å². The Morgan fingerprint density at radius 3 is 2.80 bits per heavy atom. The largest absolute Gasteiger partial charge is 0.391 e. The molecule has 1 aromatic carbocycles. The van der Waals surface area contributed by atoms with Gasteiger partial charge in [-0.15, -0.1) is 11.3 Å². The van der Waals surface area contributed by atoms with Crippen molar-refractivity contribution in [2.24, 2.45) is 5.73 Å². The molecule has 1 aliphatic rings. The third-order valence-corrected chi connectivity index (χ3v) is 5.47. The third kappa shape index (κ3) is 2.83. The van der Waals surface area contributed by atoms with E-state index in [4.69, 9.17) is 5.73 Å². The van der Waals surface area contributed by atoms with E-state index in [-0.39, 0.29) is 12.2 Å². The van der Waals surface area contributed by atoms with Crippen LogP contribution in [0.3, 0.4) is 0 Å². The fraction of sp³-hybridized carbons (Fsp3) is 0.235. The fourth-order valence-corrected chi connectivity index (χ4v) is 4.24. The first-order chi connectivity index (χ1) is 12.0. The average Bonchev–Trinajstić information content (AvgIpc) is 3.18. The molecule has 8 heteroatoms. The molecule has 25 heavy (non-hydrogen) atoms. The van der Waals surface area contributed by atoms with Crippen LogP contribution in [0.25, 0.3) is 20.7 Å². The second kappa shape index (κ2) is 6.05. The van der Waals surface area contributed by atoms with E-state index < -0.39 is 18.1 Å². The van der Waals surface area contributed by atoms with Gasteiger partial charge in [0.25, 0.3) is 0 Å². The topological polar surface area (TPSA) is 92.3 Å². The number of rotatable bonds is 3. The number of benzene rings is 1. The van der Waals surface area contributed by atoms with Gasteiger partial charge < -0.3 is 15.7 Å². The second-order valence-electron chi connectivity index (χ2n) is 5.99. The van der Waals surface area contributed by atoms with E-state index in [1.54, 1.807) is 17.0 Å². The molecule has 4 rings (SSSR count). The number of amides is 1. The summed E-state index contributed by atoms with van der Waals surface area (Å²) >= 11 is 1.46. The number of aromatic nitrogens is 2. The summed E-state index contributed by atoms with van der Waals surface area (Å²) in [6.07, 6.45) is 1.09. The van der Waals surface area contributed by atoms with E-state index >= 15 is 0 Å². The molecule has 0 bridgehead atoms. The lowest BCUT2D eigenvalue weighted by Crippen LogP contribution is -2.40. The molecular formula is C17H15FN4O2S. The summed E-state index contributed by atoms with van der Waals surface area (Å²) in [6.45, 7) is 0.295. The summed E-state index contributed by atoms with van der Waals surface area (Å²) in [6, 6.07) is 7.55. The lowest BCUT2D eigenvalue weighted by Gasteiger charge is -2.23. The number of fused-ring (bicyclic) bond motifs is 1. The van der Waals surface area contributed by atoms with Crippen LogP contribution in [0, 0.1) is 5.82 Å². The molecule has 3 aromatic rings. The van der Waals surface area contributed by atoms with Crippen molar-refractivity contribution in [2.45, 2.75) is 18.6 Å². The van der Waals surface area contributed by atoms with Crippen LogP contribution in [0.5, 0.6) is 0 Å². The molecule has 2 aromatic heterocycles. The number of aliphatic hydroxyl groups excluding tert-OH is 1. The van der Waals surface area contributed by atoms with Gasteiger partial charge in [-0.2, -0.15) is 0 Å². The van der Waals surface area contributed by atoms with E-state index in [1.165, 1.54) is 29.8 Å². The van der Waals surface area contributed by atoms with Crippen molar-refractivity contribution in [3.05, 3.63) is 42.5 Å². The predicted molar refractivity (Wildman–Crippen MR) is 93.8 cm³/mol. The number of anilines is 1. The molecule has 0 saturated carbocycles. The molecule has 2 atom stereocenters. The number of aliphatic hydroxyl groups is 1. The van der Waals surface area contributed by atoms with Crippen LogP contribution in [0.4, 0.5) is 10.2 Å². The summed E-state index contributed by atoms with van der Waals surface area (Å²) in [5.74, 6) is -0.192. The van der Waals surface area contributed by atoms with Gasteiger partial charge in [0.05, 0.1) is 16.3 Å². The van der Waals surface area contributed by atoms with Crippen molar-refractivity contribution >= 4 is 33.3 Å². The summed E-state index contributed by atoms with van der Waals surface area (Å²) in [5, 5.41) is 9.94. The Kier molecular flexibility index (Phi) is 3.85. The number of hydrogen-bond acceptors (Lipinski definition) is 6. The number of primary amides is 1. The zero-order chi connectivity index (χ0) is 17.6. The van der Waals surface area contributed by atoms with Crippen LogP contribution in [-0.2, 0) is 4.79 Å². The van der Waals surface area contributed by atoms with Crippen molar-refractivity contribution in [3.63, 3.8) is 0 Å². The van der Waals surface area contributed by atoms with Gasteiger partial charge in [-0.3, -0.25) is 4.79 Å². The minimum Gasteiger partial charge on any atom is -0.391 e. The van der Waals surface area contributed by atoms with Crippen molar-refractivity contribution in [3.8, 4) is 10.4 Å². The number of carbonyl (C=O) groups excluding carboxylic acids is 1. The number of nitrogens with zero attached hydrogens (tertiary/aromatic N) is 3. The Morgan fingerprint density at radius 2 is 2.08 bits per heavy atom. The smallest absolute Gasteiger partial charge is 0.240 e. The molecule has 1 aliphatic heterocycles. The van der Waals surface area contributed by atoms with Gasteiger partial charge in [-0.05, 0) is 23.8 Å². The maximum Gasteiger partial charge on any atom is 0.240 e. The molecular weight excluding hydrogens is 343 g/mol. The molecule has 1 amide bonds. The van der Waals surface area contributed by atoms with E-state index in [0.717, 1.165) is 20.7 Å². The minimum atomic E-state index is -0.626. The molecule has 1 saturated heterocycles. The molecule has 6 nitrogen and oxygen atoms in total. The SMILES string of the molecule is NC(=O)[C@H]1C[C@@H](O)CN1c1ncnc2cc(-c3ccc(F)cc3)sc12. The predicted octanol–water partition coefficient (Wildman–Crippen LogP) is 1.92. The van der Waals surface area contributed by atoms with Crippen LogP contribution in [0.2, 0.25) is 0 Å². The van der Waals surface area contributed by atoms with Gasteiger partial charge in [0.2, 0.25) is 5.91 Å². The first kappa shape index (κ1) is 15.9. The number of thiophene rings is 1. The first-order valence-corrected chi connectivity index (χ1v) is 8.59. The Hall–Kier alpha value is -2.58. The summed E-state index contributed by atoms with van der Waals surface area (Å²) in [4.78, 5) is 23.0. The zero-order valence-corrected chi connectivity index (χ0v) is 13.9. The van der Waals surface area contributed by atoms with E-state index in [2.05, 4.69) is 9.97 Å². The van der Waals surface area contributed by atoms with E-state index in [0.29, 0.717) is 12.4 Å². The molecule has 0 spiro atoms. The molecule has 128 valence electrons. The molecule has 3 heterocycles. The number of β-amino-alcohol motifs (C(OH)–C–C–N with tert-alkyl or cyclic N) is 1. The average molecular weight is 358 g/mol. The van der Waals surface area contributed by atoms with Gasteiger partial charge in [0.1, 0.15) is 18.2 Å².